The van der Waals surface area contributed by atoms with Crippen LogP contribution in [0.5, 0.6) is 0 Å². The fraction of sp³-hybridized carbons (Fsp3) is 0.346. The Bertz CT molecular complexity index is 1170. The van der Waals surface area contributed by atoms with Crippen LogP contribution in [0.4, 0.5) is 5.69 Å². The van der Waals surface area contributed by atoms with Crippen molar-refractivity contribution in [3.05, 3.63) is 87.3 Å². The number of anilines is 1. The lowest BCUT2D eigenvalue weighted by molar-refractivity contribution is -0.123. The monoisotopic (exact) mass is 479 g/mol. The van der Waals surface area contributed by atoms with Gasteiger partial charge in [0.1, 0.15) is 5.02 Å². The van der Waals surface area contributed by atoms with Crippen LogP contribution in [0.3, 0.4) is 0 Å². The normalized spacial score (nSPS) is 15.2. The lowest BCUT2D eigenvalue weighted by Crippen LogP contribution is -2.50. The van der Waals surface area contributed by atoms with Gasteiger partial charge in [0, 0.05) is 26.2 Å². The summed E-state index contributed by atoms with van der Waals surface area (Å²) in [6, 6.07) is 17.5. The van der Waals surface area contributed by atoms with Crippen LogP contribution in [0.25, 0.3) is 5.69 Å². The van der Waals surface area contributed by atoms with Crippen molar-refractivity contribution in [2.45, 2.75) is 26.3 Å². The molecule has 34 heavy (non-hydrogen) atoms. The third kappa shape index (κ3) is 5.48. The first-order valence-electron chi connectivity index (χ1n) is 11.6. The van der Waals surface area contributed by atoms with Gasteiger partial charge in [-0.3, -0.25) is 14.5 Å². The van der Waals surface area contributed by atoms with E-state index in [1.165, 1.54) is 10.2 Å². The number of carbonyl (C=O) groups excluding carboxylic acids is 1. The first-order chi connectivity index (χ1) is 16.5. The summed E-state index contributed by atoms with van der Waals surface area (Å²) in [7, 11) is 0. The van der Waals surface area contributed by atoms with E-state index in [0.717, 1.165) is 12.0 Å². The second kappa shape index (κ2) is 10.8. The fourth-order valence-corrected chi connectivity index (χ4v) is 4.46. The van der Waals surface area contributed by atoms with Crippen molar-refractivity contribution in [1.29, 1.82) is 0 Å². The third-order valence-electron chi connectivity index (χ3n) is 6.20. The minimum Gasteiger partial charge on any atom is -0.366 e. The number of nitrogens with zero attached hydrogens (tertiary/aromatic N) is 4. The zero-order valence-corrected chi connectivity index (χ0v) is 20.3. The summed E-state index contributed by atoms with van der Waals surface area (Å²) in [4.78, 5) is 29.7. The van der Waals surface area contributed by atoms with Crippen molar-refractivity contribution in [2.75, 3.05) is 37.6 Å². The van der Waals surface area contributed by atoms with E-state index in [1.54, 1.807) is 6.20 Å². The van der Waals surface area contributed by atoms with Crippen LogP contribution in [0, 0.1) is 6.92 Å². The van der Waals surface area contributed by atoms with Gasteiger partial charge >= 0.3 is 0 Å². The lowest BCUT2D eigenvalue weighted by Gasteiger charge is -2.36. The van der Waals surface area contributed by atoms with Crippen LogP contribution >= 0.6 is 11.6 Å². The van der Waals surface area contributed by atoms with Crippen LogP contribution in [-0.2, 0) is 4.79 Å². The van der Waals surface area contributed by atoms with Gasteiger partial charge in [0.15, 0.2) is 0 Å². The maximum absolute atomic E-state index is 12.8. The standard InChI is InChI=1S/C26H30ClN5O2/c1-3-22(20-11-9-19(2)10-12-20)29-24(33)18-30-13-15-31(16-14-30)23-17-28-32(26(34)25(23)27)21-7-5-4-6-8-21/h4-12,17,22H,3,13-16,18H2,1-2H3,(H,29,33). The van der Waals surface area contributed by atoms with Crippen LogP contribution in [0.15, 0.2) is 65.6 Å². The van der Waals surface area contributed by atoms with Crippen LogP contribution in [-0.4, -0.2) is 53.3 Å². The second-order valence-corrected chi connectivity index (χ2v) is 8.98. The largest absolute Gasteiger partial charge is 0.366 e. The molecule has 2 aromatic carbocycles. The predicted octanol–water partition coefficient (Wildman–Crippen LogP) is 3.58. The van der Waals surface area contributed by atoms with Crippen molar-refractivity contribution in [3.63, 3.8) is 0 Å². The molecule has 1 amide bonds. The number of aromatic nitrogens is 2. The molecule has 0 bridgehead atoms. The number of nitrogens with one attached hydrogen (secondary N) is 1. The lowest BCUT2D eigenvalue weighted by atomic mass is 10.0. The van der Waals surface area contributed by atoms with Crippen LogP contribution in [0.1, 0.15) is 30.5 Å². The predicted molar refractivity (Wildman–Crippen MR) is 136 cm³/mol. The molecule has 178 valence electrons. The zero-order chi connectivity index (χ0) is 24.1. The number of halogens is 1. The highest BCUT2D eigenvalue weighted by Gasteiger charge is 2.23. The molecule has 4 rings (SSSR count). The Kier molecular flexibility index (Phi) is 7.65. The minimum atomic E-state index is -0.339. The molecule has 1 aliphatic rings. The Morgan fingerprint density at radius 3 is 2.38 bits per heavy atom. The number of para-hydroxylation sites is 1. The molecule has 0 radical (unpaired) electrons. The van der Waals surface area contributed by atoms with Crippen molar-refractivity contribution >= 4 is 23.2 Å². The highest BCUT2D eigenvalue weighted by molar-refractivity contribution is 6.33. The smallest absolute Gasteiger partial charge is 0.292 e. The average molecular weight is 480 g/mol. The van der Waals surface area contributed by atoms with Gasteiger partial charge in [0.2, 0.25) is 5.91 Å². The summed E-state index contributed by atoms with van der Waals surface area (Å²) in [5, 5.41) is 7.65. The molecule has 0 saturated carbocycles. The summed E-state index contributed by atoms with van der Waals surface area (Å²) >= 11 is 6.45. The summed E-state index contributed by atoms with van der Waals surface area (Å²) < 4.78 is 1.31. The van der Waals surface area contributed by atoms with E-state index in [1.807, 2.05) is 30.3 Å². The van der Waals surface area contributed by atoms with Gasteiger partial charge in [-0.25, -0.2) is 0 Å². The highest BCUT2D eigenvalue weighted by atomic mass is 35.5. The number of rotatable bonds is 7. The fourth-order valence-electron chi connectivity index (χ4n) is 4.21. The first kappa shape index (κ1) is 24.0. The summed E-state index contributed by atoms with van der Waals surface area (Å²) in [5.74, 6) is 0.0195. The van der Waals surface area contributed by atoms with Crippen molar-refractivity contribution in [1.82, 2.24) is 20.0 Å². The quantitative estimate of drug-likeness (QED) is 0.561. The molecule has 0 aliphatic carbocycles. The topological polar surface area (TPSA) is 70.5 Å². The number of hydrogen-bond donors (Lipinski definition) is 1. The SMILES string of the molecule is CCC(NC(=O)CN1CCN(c2cnn(-c3ccccc3)c(=O)c2Cl)CC1)c1ccc(C)cc1. The van der Waals surface area contributed by atoms with E-state index in [4.69, 9.17) is 11.6 Å². The van der Waals surface area contributed by atoms with E-state index in [2.05, 4.69) is 58.3 Å². The van der Waals surface area contributed by atoms with Gasteiger partial charge in [0.05, 0.1) is 30.2 Å². The van der Waals surface area contributed by atoms with E-state index in [-0.39, 0.29) is 22.5 Å². The molecule has 1 atom stereocenters. The van der Waals surface area contributed by atoms with Gasteiger partial charge in [-0.15, -0.1) is 0 Å². The number of benzene rings is 2. The van der Waals surface area contributed by atoms with Gasteiger partial charge in [-0.1, -0.05) is 66.6 Å². The Labute approximate surface area is 205 Å². The number of hydrogen-bond acceptors (Lipinski definition) is 5. The minimum absolute atomic E-state index is 0.00961. The molecule has 8 heteroatoms. The number of carbonyl (C=O) groups is 1. The molecule has 1 fully saturated rings. The van der Waals surface area contributed by atoms with Crippen molar-refractivity contribution in [2.24, 2.45) is 0 Å². The van der Waals surface area contributed by atoms with Crippen molar-refractivity contribution < 1.29 is 4.79 Å². The molecule has 1 unspecified atom stereocenters. The van der Waals surface area contributed by atoms with Gasteiger partial charge in [-0.2, -0.15) is 9.78 Å². The number of amides is 1. The van der Waals surface area contributed by atoms with E-state index >= 15 is 0 Å². The first-order valence-corrected chi connectivity index (χ1v) is 12.0. The molecule has 1 saturated heterocycles. The Morgan fingerprint density at radius 1 is 1.06 bits per heavy atom. The molecule has 2 heterocycles. The Morgan fingerprint density at radius 2 is 1.74 bits per heavy atom. The molecule has 1 aromatic heterocycles. The second-order valence-electron chi connectivity index (χ2n) is 8.60. The summed E-state index contributed by atoms with van der Waals surface area (Å²) in [5.41, 5.74) is 3.30. The number of aryl methyl sites for hydroxylation is 1. The average Bonchev–Trinajstić information content (AvgIpc) is 2.86. The third-order valence-corrected chi connectivity index (χ3v) is 6.56. The van der Waals surface area contributed by atoms with Crippen molar-refractivity contribution in [3.8, 4) is 5.69 Å². The van der Waals surface area contributed by atoms with E-state index in [0.29, 0.717) is 44.1 Å². The molecule has 7 nitrogen and oxygen atoms in total. The van der Waals surface area contributed by atoms with Gasteiger partial charge in [0.25, 0.3) is 5.56 Å². The molecular weight excluding hydrogens is 450 g/mol. The van der Waals surface area contributed by atoms with E-state index < -0.39 is 0 Å². The Hall–Kier alpha value is -3.16. The zero-order valence-electron chi connectivity index (χ0n) is 19.6. The molecular formula is C26H30ClN5O2. The molecule has 3 aromatic rings. The van der Waals surface area contributed by atoms with Crippen LogP contribution in [0.2, 0.25) is 5.02 Å². The van der Waals surface area contributed by atoms with Crippen LogP contribution < -0.4 is 15.8 Å². The summed E-state index contributed by atoms with van der Waals surface area (Å²) in [6.45, 7) is 7.21. The molecule has 1 N–H and O–H groups in total. The maximum Gasteiger partial charge on any atom is 0.292 e. The molecule has 1 aliphatic heterocycles. The Balaban J connectivity index is 1.34. The van der Waals surface area contributed by atoms with E-state index in [9.17, 15) is 9.59 Å². The maximum atomic E-state index is 12.8. The highest BCUT2D eigenvalue weighted by Crippen LogP contribution is 2.23. The molecule has 0 spiro atoms. The van der Waals surface area contributed by atoms with Gasteiger partial charge < -0.3 is 10.2 Å². The summed E-state index contributed by atoms with van der Waals surface area (Å²) in [6.07, 6.45) is 2.48. The van der Waals surface area contributed by atoms with Gasteiger partial charge in [-0.05, 0) is 31.0 Å². The number of piperazine rings is 1.